The van der Waals surface area contributed by atoms with E-state index < -0.39 is 0 Å². The van der Waals surface area contributed by atoms with Crippen molar-refractivity contribution in [2.75, 3.05) is 0 Å². The molecule has 0 aliphatic carbocycles. The van der Waals surface area contributed by atoms with E-state index in [4.69, 9.17) is 4.42 Å². The minimum atomic E-state index is 0.739. The van der Waals surface area contributed by atoms with E-state index in [2.05, 4.69) is 43.4 Å². The summed E-state index contributed by atoms with van der Waals surface area (Å²) in [4.78, 5) is 4.45. The van der Waals surface area contributed by atoms with Gasteiger partial charge in [0.1, 0.15) is 11.2 Å². The molecule has 0 aliphatic rings. The van der Waals surface area contributed by atoms with E-state index in [1.165, 1.54) is 6.20 Å². The Morgan fingerprint density at radius 2 is 1.64 bits per heavy atom. The van der Waals surface area contributed by atoms with Crippen molar-refractivity contribution in [2.45, 2.75) is 6.92 Å². The van der Waals surface area contributed by atoms with Crippen molar-refractivity contribution < 1.29 is 4.42 Å². The highest BCUT2D eigenvalue weighted by molar-refractivity contribution is 6.20. The lowest BCUT2D eigenvalue weighted by Gasteiger charge is -2.06. The molecule has 0 saturated carbocycles. The first kappa shape index (κ1) is 19.1. The summed E-state index contributed by atoms with van der Waals surface area (Å²) in [6, 6.07) is 15.9. The number of fused-ring (bicyclic) bond motifs is 3. The van der Waals surface area contributed by atoms with Crippen LogP contribution in [0.4, 0.5) is 0 Å². The second-order valence-corrected chi connectivity index (χ2v) is 6.42. The molecular weight excluding hydrogens is 342 g/mol. The lowest BCUT2D eigenvalue weighted by molar-refractivity contribution is 0.665. The van der Waals surface area contributed by atoms with Crippen molar-refractivity contribution in [3.8, 4) is 0 Å². The van der Waals surface area contributed by atoms with E-state index in [0.717, 1.165) is 49.2 Å². The topological polar surface area (TPSA) is 25.5 Å². The molecule has 0 amide bonds. The Hall–Kier alpha value is -3.65. The van der Waals surface area contributed by atoms with Gasteiger partial charge in [-0.25, -0.2) is 0 Å². The molecule has 2 nitrogen and oxygen atoms in total. The highest BCUT2D eigenvalue weighted by atomic mass is 16.3. The van der Waals surface area contributed by atoms with Crippen LogP contribution >= 0.6 is 0 Å². The molecule has 2 heteroatoms. The molecule has 0 N–H and O–H groups in total. The third-order valence-corrected chi connectivity index (χ3v) is 4.46. The van der Waals surface area contributed by atoms with Gasteiger partial charge in [-0.3, -0.25) is 4.99 Å². The molecule has 0 fully saturated rings. The van der Waals surface area contributed by atoms with Crippen LogP contribution in [0.2, 0.25) is 0 Å². The fraction of sp³-hybridized carbons (Fsp3) is 0.0385. The van der Waals surface area contributed by atoms with Gasteiger partial charge in [-0.1, -0.05) is 80.9 Å². The van der Waals surface area contributed by atoms with Crippen LogP contribution in [-0.4, -0.2) is 5.71 Å². The summed E-state index contributed by atoms with van der Waals surface area (Å²) in [6.07, 6.45) is 7.01. The van der Waals surface area contributed by atoms with Crippen LogP contribution in [0, 0.1) is 6.92 Å². The molecule has 0 bridgehead atoms. The van der Waals surface area contributed by atoms with Crippen molar-refractivity contribution in [3.63, 3.8) is 0 Å². The van der Waals surface area contributed by atoms with Gasteiger partial charge in [0.2, 0.25) is 0 Å². The first-order valence-electron chi connectivity index (χ1n) is 9.02. The first-order valence-corrected chi connectivity index (χ1v) is 9.02. The monoisotopic (exact) mass is 365 g/mol. The fourth-order valence-corrected chi connectivity index (χ4v) is 3.12. The SMILES string of the molecule is C=C/C=C\C(=N/C=C)c1c(C)ccc2c1oc1c(=C)ccccc(=C)ccc12. The predicted octanol–water partition coefficient (Wildman–Crippen LogP) is 5.51. The van der Waals surface area contributed by atoms with Crippen LogP contribution in [0.5, 0.6) is 0 Å². The largest absolute Gasteiger partial charge is 0.455 e. The highest BCUT2D eigenvalue weighted by Gasteiger charge is 2.15. The average Bonchev–Trinajstić information content (AvgIpc) is 3.05. The minimum absolute atomic E-state index is 0.739. The van der Waals surface area contributed by atoms with Crippen LogP contribution in [0.1, 0.15) is 11.1 Å². The van der Waals surface area contributed by atoms with E-state index >= 15 is 0 Å². The van der Waals surface area contributed by atoms with Gasteiger partial charge in [-0.15, -0.1) is 0 Å². The van der Waals surface area contributed by atoms with Crippen molar-refractivity contribution in [1.82, 2.24) is 0 Å². The number of rotatable bonds is 4. The fourth-order valence-electron chi connectivity index (χ4n) is 3.12. The number of hydrogen-bond acceptors (Lipinski definition) is 2. The zero-order chi connectivity index (χ0) is 20.1. The molecule has 3 aromatic rings. The van der Waals surface area contributed by atoms with E-state index in [1.807, 2.05) is 55.5 Å². The van der Waals surface area contributed by atoms with E-state index in [-0.39, 0.29) is 0 Å². The lowest BCUT2D eigenvalue weighted by Crippen LogP contribution is -2.00. The first-order chi connectivity index (χ1) is 13.6. The zero-order valence-corrected chi connectivity index (χ0v) is 16.1. The van der Waals surface area contributed by atoms with Crippen molar-refractivity contribution in [1.29, 1.82) is 0 Å². The van der Waals surface area contributed by atoms with Gasteiger partial charge < -0.3 is 4.42 Å². The molecule has 0 saturated heterocycles. The van der Waals surface area contributed by atoms with E-state index in [9.17, 15) is 0 Å². The summed E-state index contributed by atoms with van der Waals surface area (Å²) in [5.41, 5.74) is 4.28. The third-order valence-electron chi connectivity index (χ3n) is 4.46. The molecule has 0 unspecified atom stereocenters. The molecule has 3 rings (SSSR count). The van der Waals surface area contributed by atoms with Crippen LogP contribution in [-0.2, 0) is 0 Å². The van der Waals surface area contributed by atoms with Crippen molar-refractivity contribution >= 4 is 40.8 Å². The molecule has 2 aromatic carbocycles. The molecule has 0 aliphatic heterocycles. The Morgan fingerprint density at radius 3 is 2.39 bits per heavy atom. The summed E-state index contributed by atoms with van der Waals surface area (Å²) in [6.45, 7) is 17.8. The van der Waals surface area contributed by atoms with Gasteiger partial charge in [0.15, 0.2) is 0 Å². The third kappa shape index (κ3) is 3.72. The van der Waals surface area contributed by atoms with Gasteiger partial charge in [0, 0.05) is 27.8 Å². The van der Waals surface area contributed by atoms with E-state index in [0.29, 0.717) is 0 Å². The van der Waals surface area contributed by atoms with Gasteiger partial charge in [-0.05, 0) is 29.8 Å². The number of aliphatic imine (C=N–C) groups is 1. The Bertz CT molecular complexity index is 1290. The Morgan fingerprint density at radius 1 is 0.929 bits per heavy atom. The smallest absolute Gasteiger partial charge is 0.145 e. The Labute approximate surface area is 165 Å². The van der Waals surface area contributed by atoms with E-state index in [1.54, 1.807) is 6.08 Å². The van der Waals surface area contributed by atoms with Crippen LogP contribution in [0.3, 0.4) is 0 Å². The Kier molecular flexibility index (Phi) is 5.71. The second-order valence-electron chi connectivity index (χ2n) is 6.42. The molecular formula is C26H23NO. The minimum Gasteiger partial charge on any atom is -0.455 e. The van der Waals surface area contributed by atoms with Crippen LogP contribution < -0.4 is 10.4 Å². The second kappa shape index (κ2) is 8.36. The van der Waals surface area contributed by atoms with Crippen molar-refractivity contribution in [3.05, 3.63) is 108 Å². The summed E-state index contributed by atoms with van der Waals surface area (Å²) < 4.78 is 6.36. The molecule has 0 atom stereocenters. The summed E-state index contributed by atoms with van der Waals surface area (Å²) in [5, 5.41) is 3.70. The maximum Gasteiger partial charge on any atom is 0.145 e. The molecule has 0 radical (unpaired) electrons. The standard InChI is InChI=1S/C26H23NO/c1-6-8-13-23(27-7-2)24-19(4)15-17-22-21-16-14-18(3)11-9-10-12-20(5)25(21)28-26(22)24/h6-17H,1-3,5H2,4H3/b11-9?,12-10?,13-8-,16-14?,27-23+. The van der Waals surface area contributed by atoms with Crippen molar-refractivity contribution in [2.24, 2.45) is 4.99 Å². The molecule has 0 spiro atoms. The summed E-state index contributed by atoms with van der Waals surface area (Å²) in [7, 11) is 0. The number of furan rings is 1. The zero-order valence-electron chi connectivity index (χ0n) is 16.1. The predicted molar refractivity (Wildman–Crippen MR) is 122 cm³/mol. The number of allylic oxidation sites excluding steroid dienone is 3. The normalized spacial score (nSPS) is 11.7. The summed E-state index contributed by atoms with van der Waals surface area (Å²) in [5.74, 6) is 0. The quantitative estimate of drug-likeness (QED) is 0.442. The van der Waals surface area contributed by atoms with Crippen LogP contribution in [0.25, 0.3) is 35.1 Å². The maximum absolute atomic E-state index is 6.36. The number of benzene rings is 1. The summed E-state index contributed by atoms with van der Waals surface area (Å²) >= 11 is 0. The molecule has 138 valence electrons. The highest BCUT2D eigenvalue weighted by Crippen LogP contribution is 2.31. The molecule has 1 aromatic heterocycles. The number of aryl methyl sites for hydroxylation is 1. The van der Waals surface area contributed by atoms with Gasteiger partial charge in [0.05, 0.1) is 5.71 Å². The van der Waals surface area contributed by atoms with Gasteiger partial charge >= 0.3 is 0 Å². The lowest BCUT2D eigenvalue weighted by atomic mass is 9.99. The van der Waals surface area contributed by atoms with Gasteiger partial charge in [0.25, 0.3) is 0 Å². The number of nitrogens with zero attached hydrogens (tertiary/aromatic N) is 1. The average molecular weight is 365 g/mol. The van der Waals surface area contributed by atoms with Crippen LogP contribution in [0.15, 0.2) is 95.5 Å². The number of hydrogen-bond donors (Lipinski definition) is 0. The Balaban J connectivity index is 2.54. The molecule has 1 heterocycles. The maximum atomic E-state index is 6.36. The molecule has 28 heavy (non-hydrogen) atoms. The van der Waals surface area contributed by atoms with Gasteiger partial charge in [-0.2, -0.15) is 0 Å².